The van der Waals surface area contributed by atoms with Gasteiger partial charge in [0.25, 0.3) is 5.91 Å². The second-order valence-corrected chi connectivity index (χ2v) is 4.77. The van der Waals surface area contributed by atoms with Crippen LogP contribution in [0.1, 0.15) is 19.4 Å². The van der Waals surface area contributed by atoms with Gasteiger partial charge >= 0.3 is 0 Å². The second kappa shape index (κ2) is 4.75. The molecule has 0 spiro atoms. The maximum absolute atomic E-state index is 11.6. The molecule has 0 bridgehead atoms. The summed E-state index contributed by atoms with van der Waals surface area (Å²) >= 11 is 0. The molecule has 0 aliphatic carbocycles. The van der Waals surface area contributed by atoms with E-state index in [0.29, 0.717) is 5.92 Å². The first-order chi connectivity index (χ1) is 8.13. The van der Waals surface area contributed by atoms with Gasteiger partial charge in [0.15, 0.2) is 0 Å². The van der Waals surface area contributed by atoms with Crippen molar-refractivity contribution in [2.45, 2.75) is 26.3 Å². The zero-order valence-corrected chi connectivity index (χ0v) is 10.3. The van der Waals surface area contributed by atoms with E-state index in [1.807, 2.05) is 19.1 Å². The first-order valence-corrected chi connectivity index (χ1v) is 5.98. The van der Waals surface area contributed by atoms with Crippen molar-refractivity contribution in [1.82, 2.24) is 5.43 Å². The van der Waals surface area contributed by atoms with Gasteiger partial charge in [-0.1, -0.05) is 25.1 Å². The van der Waals surface area contributed by atoms with Gasteiger partial charge in [-0.05, 0) is 30.9 Å². The predicted octanol–water partition coefficient (Wildman–Crippen LogP) is 1.06. The number of para-hydroxylation sites is 1. The molecule has 0 aromatic heterocycles. The van der Waals surface area contributed by atoms with Gasteiger partial charge in [-0.25, -0.2) is 5.84 Å². The number of fused-ring (bicyclic) bond motifs is 1. The van der Waals surface area contributed by atoms with Crippen LogP contribution in [-0.2, 0) is 11.2 Å². The molecule has 2 rings (SSSR count). The highest BCUT2D eigenvalue weighted by Gasteiger charge is 2.28. The Balaban J connectivity index is 2.32. The van der Waals surface area contributed by atoms with E-state index < -0.39 is 0 Å². The van der Waals surface area contributed by atoms with Gasteiger partial charge in [0.1, 0.15) is 6.04 Å². The predicted molar refractivity (Wildman–Crippen MR) is 68.4 cm³/mol. The molecule has 1 amide bonds. The number of carbonyl (C=O) groups excluding carboxylic acids is 1. The van der Waals surface area contributed by atoms with Crippen LogP contribution < -0.4 is 16.2 Å². The Labute approximate surface area is 102 Å². The summed E-state index contributed by atoms with van der Waals surface area (Å²) in [6, 6.07) is 8.02. The number of anilines is 1. The fraction of sp³-hybridized carbons (Fsp3) is 0.462. The second-order valence-electron chi connectivity index (χ2n) is 4.77. The highest BCUT2D eigenvalue weighted by Crippen LogP contribution is 2.30. The number of nitrogens with two attached hydrogens (primary N) is 1. The lowest BCUT2D eigenvalue weighted by Crippen LogP contribution is -2.50. The van der Waals surface area contributed by atoms with Crippen molar-refractivity contribution in [3.05, 3.63) is 29.8 Å². The van der Waals surface area contributed by atoms with E-state index in [1.54, 1.807) is 0 Å². The van der Waals surface area contributed by atoms with E-state index in [9.17, 15) is 4.79 Å². The van der Waals surface area contributed by atoms with E-state index in [0.717, 1.165) is 18.7 Å². The largest absolute Gasteiger partial charge is 0.359 e. The number of benzene rings is 1. The molecule has 3 N–H and O–H groups in total. The minimum absolute atomic E-state index is 0.145. The van der Waals surface area contributed by atoms with Crippen molar-refractivity contribution in [3.8, 4) is 0 Å². The molecule has 1 aromatic rings. The highest BCUT2D eigenvalue weighted by atomic mass is 16.2. The molecule has 17 heavy (non-hydrogen) atoms. The number of nitrogens with one attached hydrogen (secondary N) is 1. The van der Waals surface area contributed by atoms with E-state index in [2.05, 4.69) is 29.4 Å². The molecule has 0 fully saturated rings. The number of nitrogens with zero attached hydrogens (tertiary/aromatic N) is 1. The third kappa shape index (κ3) is 2.26. The Kier molecular flexibility index (Phi) is 3.33. The van der Waals surface area contributed by atoms with Crippen molar-refractivity contribution in [2.75, 3.05) is 11.4 Å². The first kappa shape index (κ1) is 11.9. The third-order valence-electron chi connectivity index (χ3n) is 3.37. The lowest BCUT2D eigenvalue weighted by Gasteiger charge is -2.38. The van der Waals surface area contributed by atoms with Crippen molar-refractivity contribution in [3.63, 3.8) is 0 Å². The Morgan fingerprint density at radius 2 is 2.24 bits per heavy atom. The SMILES string of the molecule is CC1Cc2ccccc2N(C(C)C(=O)NN)C1. The molecule has 0 saturated heterocycles. The number of hydrogen-bond acceptors (Lipinski definition) is 3. The minimum atomic E-state index is -0.233. The van der Waals surface area contributed by atoms with Crippen LogP contribution in [0.5, 0.6) is 0 Å². The fourth-order valence-corrected chi connectivity index (χ4v) is 2.47. The van der Waals surface area contributed by atoms with Crippen molar-refractivity contribution >= 4 is 11.6 Å². The van der Waals surface area contributed by atoms with Crippen LogP contribution in [0.15, 0.2) is 24.3 Å². The van der Waals surface area contributed by atoms with Crippen molar-refractivity contribution in [1.29, 1.82) is 0 Å². The number of amides is 1. The van der Waals surface area contributed by atoms with Crippen LogP contribution in [0.25, 0.3) is 0 Å². The van der Waals surface area contributed by atoms with E-state index in [4.69, 9.17) is 5.84 Å². The average Bonchev–Trinajstić information content (AvgIpc) is 2.35. The van der Waals surface area contributed by atoms with Crippen LogP contribution in [0.2, 0.25) is 0 Å². The Morgan fingerprint density at radius 1 is 1.53 bits per heavy atom. The van der Waals surface area contributed by atoms with Crippen LogP contribution >= 0.6 is 0 Å². The third-order valence-corrected chi connectivity index (χ3v) is 3.37. The van der Waals surface area contributed by atoms with Gasteiger partial charge in [0.05, 0.1) is 0 Å². The van der Waals surface area contributed by atoms with Crippen LogP contribution in [-0.4, -0.2) is 18.5 Å². The quantitative estimate of drug-likeness (QED) is 0.456. The molecule has 92 valence electrons. The van der Waals surface area contributed by atoms with Crippen LogP contribution in [0, 0.1) is 5.92 Å². The molecule has 4 heteroatoms. The van der Waals surface area contributed by atoms with Crippen LogP contribution in [0.3, 0.4) is 0 Å². The van der Waals surface area contributed by atoms with Crippen molar-refractivity contribution < 1.29 is 4.79 Å². The van der Waals surface area contributed by atoms with Gasteiger partial charge in [0.2, 0.25) is 0 Å². The summed E-state index contributed by atoms with van der Waals surface area (Å²) in [4.78, 5) is 13.8. The Bertz CT molecular complexity index is 419. The molecule has 1 aliphatic heterocycles. The van der Waals surface area contributed by atoms with Gasteiger partial charge in [-0.3, -0.25) is 10.2 Å². The average molecular weight is 233 g/mol. The summed E-state index contributed by atoms with van der Waals surface area (Å²) in [5, 5.41) is 0. The number of hydrogen-bond donors (Lipinski definition) is 2. The minimum Gasteiger partial charge on any atom is -0.359 e. The molecule has 2 atom stereocenters. The van der Waals surface area contributed by atoms with Crippen LogP contribution in [0.4, 0.5) is 5.69 Å². The summed E-state index contributed by atoms with van der Waals surface area (Å²) in [6.07, 6.45) is 1.07. The first-order valence-electron chi connectivity index (χ1n) is 5.98. The topological polar surface area (TPSA) is 58.4 Å². The number of hydrazine groups is 1. The molecular formula is C13H19N3O. The number of rotatable bonds is 2. The zero-order chi connectivity index (χ0) is 12.4. The number of carbonyl (C=O) groups is 1. The normalized spacial score (nSPS) is 20.6. The van der Waals surface area contributed by atoms with Gasteiger partial charge in [-0.2, -0.15) is 0 Å². The Morgan fingerprint density at radius 3 is 2.94 bits per heavy atom. The van der Waals surface area contributed by atoms with Gasteiger partial charge in [-0.15, -0.1) is 0 Å². The molecule has 0 radical (unpaired) electrons. The molecular weight excluding hydrogens is 214 g/mol. The van der Waals surface area contributed by atoms with E-state index >= 15 is 0 Å². The van der Waals surface area contributed by atoms with E-state index in [1.165, 1.54) is 5.56 Å². The summed E-state index contributed by atoms with van der Waals surface area (Å²) in [5.41, 5.74) is 4.69. The summed E-state index contributed by atoms with van der Waals surface area (Å²) in [7, 11) is 0. The monoisotopic (exact) mass is 233 g/mol. The maximum Gasteiger partial charge on any atom is 0.256 e. The lowest BCUT2D eigenvalue weighted by atomic mass is 9.93. The smallest absolute Gasteiger partial charge is 0.256 e. The molecule has 2 unspecified atom stereocenters. The zero-order valence-electron chi connectivity index (χ0n) is 10.3. The summed E-state index contributed by atoms with van der Waals surface area (Å²) in [6.45, 7) is 4.98. The summed E-state index contributed by atoms with van der Waals surface area (Å²) in [5.74, 6) is 5.62. The fourth-order valence-electron chi connectivity index (χ4n) is 2.47. The highest BCUT2D eigenvalue weighted by molar-refractivity contribution is 5.84. The summed E-state index contributed by atoms with van der Waals surface area (Å²) < 4.78 is 0. The molecule has 1 aromatic carbocycles. The maximum atomic E-state index is 11.6. The lowest BCUT2D eigenvalue weighted by molar-refractivity contribution is -0.122. The van der Waals surface area contributed by atoms with Gasteiger partial charge in [0, 0.05) is 12.2 Å². The molecule has 0 saturated carbocycles. The molecule has 1 aliphatic rings. The van der Waals surface area contributed by atoms with Crippen molar-refractivity contribution in [2.24, 2.45) is 11.8 Å². The van der Waals surface area contributed by atoms with E-state index in [-0.39, 0.29) is 11.9 Å². The Hall–Kier alpha value is -1.55. The standard InChI is InChI=1S/C13H19N3O/c1-9-7-11-5-3-4-6-12(11)16(8-9)10(2)13(17)15-14/h3-6,9-10H,7-8,14H2,1-2H3,(H,15,17). The van der Waals surface area contributed by atoms with Gasteiger partial charge < -0.3 is 4.90 Å². The molecule has 4 nitrogen and oxygen atoms in total. The molecule has 1 heterocycles.